The zero-order chi connectivity index (χ0) is 7.98. The van der Waals surface area contributed by atoms with Crippen molar-refractivity contribution in [3.63, 3.8) is 0 Å². The van der Waals surface area contributed by atoms with Crippen LogP contribution < -0.4 is 0 Å². The maximum atomic E-state index is 9.95. The number of carboxylic acid groups (broad SMARTS) is 1. The van der Waals surface area contributed by atoms with Crippen molar-refractivity contribution in [2.24, 2.45) is 0 Å². The summed E-state index contributed by atoms with van der Waals surface area (Å²) in [4.78, 5) is 9.95. The summed E-state index contributed by atoms with van der Waals surface area (Å²) in [5, 5.41) is 8.15. The number of carbonyl (C=O) groups is 1. The van der Waals surface area contributed by atoms with Crippen LogP contribution in [0.3, 0.4) is 0 Å². The Kier molecular flexibility index (Phi) is 4.14. The smallest absolute Gasteiger partial charge is 0.450 e. The van der Waals surface area contributed by atoms with Gasteiger partial charge < -0.3 is 9.84 Å². The third-order valence-electron chi connectivity index (χ3n) is 1.07. The molecule has 0 aromatic rings. The third kappa shape index (κ3) is 3.79. The molecule has 1 atom stereocenters. The number of hydrogen-bond donors (Lipinski definition) is 1. The van der Waals surface area contributed by atoms with Crippen LogP contribution in [0.4, 0.5) is 4.79 Å². The van der Waals surface area contributed by atoms with Gasteiger partial charge in [-0.1, -0.05) is 6.92 Å². The summed E-state index contributed by atoms with van der Waals surface area (Å²) >= 11 is 0. The maximum Gasteiger partial charge on any atom is 0.506 e. The average molecular weight is 142 g/mol. The van der Waals surface area contributed by atoms with Gasteiger partial charge in [0.1, 0.15) is 6.10 Å². The highest BCUT2D eigenvalue weighted by atomic mass is 16.7. The lowest BCUT2D eigenvalue weighted by Gasteiger charge is -2.08. The Labute approximate surface area is 60.0 Å². The molecule has 10 heavy (non-hydrogen) atoms. The van der Waals surface area contributed by atoms with Crippen LogP contribution in [0.2, 0.25) is 0 Å². The standard InChI is InChI=1S/C7H10O3/c1-3-5-6(4-2)10-7(8)9/h1,6H,4-5H2,2H3,(H,8,9). The molecule has 0 aromatic carbocycles. The van der Waals surface area contributed by atoms with Gasteiger partial charge in [0.15, 0.2) is 0 Å². The zero-order valence-electron chi connectivity index (χ0n) is 5.83. The lowest BCUT2D eigenvalue weighted by Crippen LogP contribution is -2.14. The minimum Gasteiger partial charge on any atom is -0.450 e. The molecule has 56 valence electrons. The molecule has 0 bridgehead atoms. The topological polar surface area (TPSA) is 46.5 Å². The van der Waals surface area contributed by atoms with Crippen molar-refractivity contribution in [2.45, 2.75) is 25.9 Å². The molecule has 0 aromatic heterocycles. The summed E-state index contributed by atoms with van der Waals surface area (Å²) in [6.07, 6.45) is 4.32. The first-order valence-electron chi connectivity index (χ1n) is 3.03. The van der Waals surface area contributed by atoms with Crippen LogP contribution in [-0.4, -0.2) is 17.4 Å². The van der Waals surface area contributed by atoms with Crippen LogP contribution >= 0.6 is 0 Å². The third-order valence-corrected chi connectivity index (χ3v) is 1.07. The molecule has 0 fully saturated rings. The van der Waals surface area contributed by atoms with E-state index in [9.17, 15) is 4.79 Å². The summed E-state index contributed by atoms with van der Waals surface area (Å²) in [6, 6.07) is 0. The molecule has 0 saturated heterocycles. The number of ether oxygens (including phenoxy) is 1. The van der Waals surface area contributed by atoms with Crippen molar-refractivity contribution >= 4 is 6.16 Å². The molecular weight excluding hydrogens is 132 g/mol. The summed E-state index contributed by atoms with van der Waals surface area (Å²) in [5.41, 5.74) is 0. The molecule has 0 aliphatic rings. The molecule has 0 saturated carbocycles. The van der Waals surface area contributed by atoms with Gasteiger partial charge >= 0.3 is 6.16 Å². The fourth-order valence-corrected chi connectivity index (χ4v) is 0.543. The van der Waals surface area contributed by atoms with E-state index < -0.39 is 6.16 Å². The normalized spacial score (nSPS) is 11.6. The molecule has 0 radical (unpaired) electrons. The molecule has 0 aliphatic carbocycles. The molecule has 3 nitrogen and oxygen atoms in total. The van der Waals surface area contributed by atoms with Crippen molar-refractivity contribution < 1.29 is 14.6 Å². The SMILES string of the molecule is C#CCC(CC)OC(=O)O. The van der Waals surface area contributed by atoms with E-state index in [4.69, 9.17) is 11.5 Å². The van der Waals surface area contributed by atoms with Gasteiger partial charge in [-0.2, -0.15) is 0 Å². The quantitative estimate of drug-likeness (QED) is 0.479. The second-order valence-electron chi connectivity index (χ2n) is 1.82. The molecule has 0 spiro atoms. The Morgan fingerprint density at radius 3 is 2.80 bits per heavy atom. The van der Waals surface area contributed by atoms with E-state index in [-0.39, 0.29) is 6.10 Å². The van der Waals surface area contributed by atoms with Crippen molar-refractivity contribution in [3.8, 4) is 12.3 Å². The maximum absolute atomic E-state index is 9.95. The summed E-state index contributed by atoms with van der Waals surface area (Å²) < 4.78 is 4.41. The Bertz CT molecular complexity index is 145. The summed E-state index contributed by atoms with van der Waals surface area (Å²) in [5.74, 6) is 2.34. The van der Waals surface area contributed by atoms with Gasteiger partial charge in [-0.25, -0.2) is 4.79 Å². The van der Waals surface area contributed by atoms with Crippen molar-refractivity contribution in [1.29, 1.82) is 0 Å². The fraction of sp³-hybridized carbons (Fsp3) is 0.571. The van der Waals surface area contributed by atoms with Crippen LogP contribution in [0.5, 0.6) is 0 Å². The number of rotatable bonds is 3. The lowest BCUT2D eigenvalue weighted by atomic mass is 10.2. The molecule has 3 heteroatoms. The lowest BCUT2D eigenvalue weighted by molar-refractivity contribution is 0.0522. The highest BCUT2D eigenvalue weighted by molar-refractivity contribution is 5.57. The van der Waals surface area contributed by atoms with E-state index in [2.05, 4.69) is 10.7 Å². The predicted octanol–water partition coefficient (Wildman–Crippen LogP) is 1.48. The van der Waals surface area contributed by atoms with E-state index in [1.807, 2.05) is 6.92 Å². The van der Waals surface area contributed by atoms with E-state index >= 15 is 0 Å². The van der Waals surface area contributed by atoms with Gasteiger partial charge in [0.05, 0.1) is 0 Å². The van der Waals surface area contributed by atoms with Crippen molar-refractivity contribution in [1.82, 2.24) is 0 Å². The first-order valence-corrected chi connectivity index (χ1v) is 3.03. The second-order valence-corrected chi connectivity index (χ2v) is 1.82. The minimum atomic E-state index is -1.26. The van der Waals surface area contributed by atoms with Crippen LogP contribution in [0.1, 0.15) is 19.8 Å². The Morgan fingerprint density at radius 2 is 2.50 bits per heavy atom. The van der Waals surface area contributed by atoms with E-state index in [1.165, 1.54) is 0 Å². The Morgan fingerprint density at radius 1 is 1.90 bits per heavy atom. The van der Waals surface area contributed by atoms with Gasteiger partial charge in [-0.3, -0.25) is 0 Å². The monoisotopic (exact) mass is 142 g/mol. The predicted molar refractivity (Wildman–Crippen MR) is 36.6 cm³/mol. The van der Waals surface area contributed by atoms with E-state index in [0.29, 0.717) is 12.8 Å². The molecular formula is C7H10O3. The summed E-state index contributed by atoms with van der Waals surface area (Å²) in [7, 11) is 0. The Hall–Kier alpha value is -1.17. The highest BCUT2D eigenvalue weighted by Crippen LogP contribution is 2.01. The largest absolute Gasteiger partial charge is 0.506 e. The molecule has 1 N–H and O–H groups in total. The Balaban J connectivity index is 3.62. The van der Waals surface area contributed by atoms with Crippen LogP contribution in [-0.2, 0) is 4.74 Å². The molecule has 1 unspecified atom stereocenters. The van der Waals surface area contributed by atoms with Gasteiger partial charge in [-0.05, 0) is 6.42 Å². The molecule has 0 rings (SSSR count). The summed E-state index contributed by atoms with van der Waals surface area (Å²) in [6.45, 7) is 1.82. The van der Waals surface area contributed by atoms with Crippen molar-refractivity contribution in [3.05, 3.63) is 0 Å². The fourth-order valence-electron chi connectivity index (χ4n) is 0.543. The van der Waals surface area contributed by atoms with Crippen molar-refractivity contribution in [2.75, 3.05) is 0 Å². The van der Waals surface area contributed by atoms with Crippen LogP contribution in [0.25, 0.3) is 0 Å². The highest BCUT2D eigenvalue weighted by Gasteiger charge is 2.08. The first kappa shape index (κ1) is 8.83. The number of terminal acetylenes is 1. The van der Waals surface area contributed by atoms with Gasteiger partial charge in [-0.15, -0.1) is 12.3 Å². The van der Waals surface area contributed by atoms with Gasteiger partial charge in [0, 0.05) is 6.42 Å². The molecule has 0 heterocycles. The first-order chi connectivity index (χ1) is 4.70. The van der Waals surface area contributed by atoms with Gasteiger partial charge in [0.25, 0.3) is 0 Å². The number of hydrogen-bond acceptors (Lipinski definition) is 2. The van der Waals surface area contributed by atoms with E-state index in [0.717, 1.165) is 0 Å². The molecule has 0 amide bonds. The molecule has 0 aliphatic heterocycles. The van der Waals surface area contributed by atoms with Crippen LogP contribution in [0, 0.1) is 12.3 Å². The average Bonchev–Trinajstić information content (AvgIpc) is 1.86. The van der Waals surface area contributed by atoms with Gasteiger partial charge in [0.2, 0.25) is 0 Å². The zero-order valence-corrected chi connectivity index (χ0v) is 5.83. The van der Waals surface area contributed by atoms with E-state index in [1.54, 1.807) is 0 Å². The van der Waals surface area contributed by atoms with Crippen LogP contribution in [0.15, 0.2) is 0 Å². The minimum absolute atomic E-state index is 0.345. The second kappa shape index (κ2) is 4.68.